The van der Waals surface area contributed by atoms with Crippen molar-refractivity contribution in [3.8, 4) is 0 Å². The maximum Gasteiger partial charge on any atom is 0.242 e. The molecule has 0 aromatic heterocycles. The zero-order chi connectivity index (χ0) is 19.8. The normalized spacial score (nSPS) is 11.7. The van der Waals surface area contributed by atoms with E-state index in [1.54, 1.807) is 24.0 Å². The number of hydrogen-bond acceptors (Lipinski definition) is 3. The van der Waals surface area contributed by atoms with Crippen LogP contribution in [-0.4, -0.2) is 35.1 Å². The second-order valence-electron chi connectivity index (χ2n) is 5.96. The van der Waals surface area contributed by atoms with Crippen LogP contribution in [0.15, 0.2) is 57.9 Å². The number of amides is 2. The van der Waals surface area contributed by atoms with Crippen LogP contribution in [0.25, 0.3) is 0 Å². The molecule has 4 nitrogen and oxygen atoms in total. The molecule has 0 heterocycles. The van der Waals surface area contributed by atoms with Gasteiger partial charge >= 0.3 is 0 Å². The summed E-state index contributed by atoms with van der Waals surface area (Å²) in [6, 6.07) is 14.6. The SMILES string of the molecule is CCNC(=O)C(C)N(Cc1cccc(Br)c1)C(=O)CSc1ccc(Cl)cc1. The number of nitrogens with zero attached hydrogens (tertiary/aromatic N) is 1. The largest absolute Gasteiger partial charge is 0.355 e. The summed E-state index contributed by atoms with van der Waals surface area (Å²) in [5.41, 5.74) is 0.963. The molecule has 1 atom stereocenters. The topological polar surface area (TPSA) is 49.4 Å². The molecule has 27 heavy (non-hydrogen) atoms. The molecule has 0 saturated carbocycles. The molecule has 0 radical (unpaired) electrons. The van der Waals surface area contributed by atoms with E-state index in [0.29, 0.717) is 18.1 Å². The van der Waals surface area contributed by atoms with Crippen molar-refractivity contribution in [2.24, 2.45) is 0 Å². The minimum atomic E-state index is -0.553. The van der Waals surface area contributed by atoms with Gasteiger partial charge in [0.15, 0.2) is 0 Å². The summed E-state index contributed by atoms with van der Waals surface area (Å²) in [7, 11) is 0. The van der Waals surface area contributed by atoms with Gasteiger partial charge in [-0.1, -0.05) is 39.7 Å². The predicted molar refractivity (Wildman–Crippen MR) is 115 cm³/mol. The third-order valence-electron chi connectivity index (χ3n) is 3.94. The number of benzene rings is 2. The minimum Gasteiger partial charge on any atom is -0.355 e. The maximum absolute atomic E-state index is 12.9. The average molecular weight is 470 g/mol. The third kappa shape index (κ3) is 6.87. The number of likely N-dealkylation sites (N-methyl/N-ethyl adjacent to an activating group) is 1. The smallest absolute Gasteiger partial charge is 0.242 e. The zero-order valence-electron chi connectivity index (χ0n) is 15.2. The van der Waals surface area contributed by atoms with Crippen LogP contribution in [0, 0.1) is 0 Å². The number of thioether (sulfide) groups is 1. The first-order valence-electron chi connectivity index (χ1n) is 8.60. The van der Waals surface area contributed by atoms with Crippen LogP contribution in [0.2, 0.25) is 5.02 Å². The Morgan fingerprint density at radius 1 is 1.22 bits per heavy atom. The van der Waals surface area contributed by atoms with Crippen LogP contribution < -0.4 is 5.32 Å². The van der Waals surface area contributed by atoms with E-state index in [9.17, 15) is 9.59 Å². The molecule has 0 aliphatic carbocycles. The van der Waals surface area contributed by atoms with Gasteiger partial charge in [0.25, 0.3) is 0 Å². The average Bonchev–Trinajstić information content (AvgIpc) is 2.65. The van der Waals surface area contributed by atoms with E-state index in [1.807, 2.05) is 43.3 Å². The summed E-state index contributed by atoms with van der Waals surface area (Å²) in [4.78, 5) is 27.8. The Balaban J connectivity index is 2.12. The van der Waals surface area contributed by atoms with E-state index in [0.717, 1.165) is 14.9 Å². The first-order valence-corrected chi connectivity index (χ1v) is 10.8. The van der Waals surface area contributed by atoms with Crippen LogP contribution in [0.4, 0.5) is 0 Å². The van der Waals surface area contributed by atoms with Gasteiger partial charge < -0.3 is 10.2 Å². The molecule has 0 fully saturated rings. The number of carbonyl (C=O) groups excluding carboxylic acids is 2. The molecule has 2 aromatic carbocycles. The number of rotatable bonds is 8. The summed E-state index contributed by atoms with van der Waals surface area (Å²) in [5.74, 6) is 0.00496. The fourth-order valence-electron chi connectivity index (χ4n) is 2.50. The molecule has 0 bridgehead atoms. The summed E-state index contributed by atoms with van der Waals surface area (Å²) < 4.78 is 0.939. The molecular formula is C20H22BrClN2O2S. The molecule has 2 amide bonds. The fourth-order valence-corrected chi connectivity index (χ4v) is 3.85. The molecule has 7 heteroatoms. The van der Waals surface area contributed by atoms with Gasteiger partial charge in [-0.25, -0.2) is 0 Å². The molecule has 0 aliphatic heterocycles. The first-order chi connectivity index (χ1) is 12.9. The van der Waals surface area contributed by atoms with Crippen LogP contribution in [0.1, 0.15) is 19.4 Å². The van der Waals surface area contributed by atoms with Gasteiger partial charge in [0.2, 0.25) is 11.8 Å². The van der Waals surface area contributed by atoms with Crippen LogP contribution in [0.5, 0.6) is 0 Å². The Bertz CT molecular complexity index is 786. The Hall–Kier alpha value is -1.50. The van der Waals surface area contributed by atoms with Crippen molar-refractivity contribution < 1.29 is 9.59 Å². The number of nitrogens with one attached hydrogen (secondary N) is 1. The minimum absolute atomic E-state index is 0.0892. The van der Waals surface area contributed by atoms with Gasteiger partial charge in [-0.05, 0) is 55.8 Å². The highest BCUT2D eigenvalue weighted by atomic mass is 79.9. The Morgan fingerprint density at radius 3 is 2.56 bits per heavy atom. The number of carbonyl (C=O) groups is 2. The van der Waals surface area contributed by atoms with Gasteiger partial charge in [0.1, 0.15) is 6.04 Å². The van der Waals surface area contributed by atoms with E-state index in [-0.39, 0.29) is 17.6 Å². The Labute approximate surface area is 177 Å². The molecule has 1 N–H and O–H groups in total. The van der Waals surface area contributed by atoms with Crippen molar-refractivity contribution in [1.82, 2.24) is 10.2 Å². The molecular weight excluding hydrogens is 448 g/mol. The number of hydrogen-bond donors (Lipinski definition) is 1. The van der Waals surface area contributed by atoms with Crippen LogP contribution >= 0.6 is 39.3 Å². The molecule has 0 spiro atoms. The highest BCUT2D eigenvalue weighted by molar-refractivity contribution is 9.10. The van der Waals surface area contributed by atoms with Gasteiger partial charge in [-0.2, -0.15) is 0 Å². The predicted octanol–water partition coefficient (Wildman–Crippen LogP) is 4.75. The van der Waals surface area contributed by atoms with Crippen molar-refractivity contribution in [3.05, 3.63) is 63.6 Å². The third-order valence-corrected chi connectivity index (χ3v) is 5.68. The Kier molecular flexibility index (Phi) is 8.67. The van der Waals surface area contributed by atoms with Gasteiger partial charge in [0, 0.05) is 27.5 Å². The summed E-state index contributed by atoms with van der Waals surface area (Å²) in [6.07, 6.45) is 0. The first kappa shape index (κ1) is 21.8. The fraction of sp³-hybridized carbons (Fsp3) is 0.300. The lowest BCUT2D eigenvalue weighted by Gasteiger charge is -2.28. The molecule has 2 rings (SSSR count). The molecule has 0 saturated heterocycles. The second-order valence-corrected chi connectivity index (χ2v) is 8.37. The summed E-state index contributed by atoms with van der Waals surface area (Å²) >= 11 is 10.8. The van der Waals surface area contributed by atoms with Crippen molar-refractivity contribution in [1.29, 1.82) is 0 Å². The van der Waals surface area contributed by atoms with Crippen LogP contribution in [-0.2, 0) is 16.1 Å². The summed E-state index contributed by atoms with van der Waals surface area (Å²) in [6.45, 7) is 4.52. The highest BCUT2D eigenvalue weighted by Gasteiger charge is 2.25. The molecule has 2 aromatic rings. The summed E-state index contributed by atoms with van der Waals surface area (Å²) in [5, 5.41) is 3.45. The quantitative estimate of drug-likeness (QED) is 0.568. The van der Waals surface area contributed by atoms with Gasteiger partial charge in [0.05, 0.1) is 5.75 Å². The van der Waals surface area contributed by atoms with E-state index >= 15 is 0 Å². The molecule has 1 unspecified atom stereocenters. The van der Waals surface area contributed by atoms with Gasteiger partial charge in [-0.15, -0.1) is 11.8 Å². The monoisotopic (exact) mass is 468 g/mol. The standard InChI is InChI=1S/C20H22BrClN2O2S/c1-3-23-20(26)14(2)24(12-15-5-4-6-16(21)11-15)19(25)13-27-18-9-7-17(22)8-10-18/h4-11,14H,3,12-13H2,1-2H3,(H,23,26). The zero-order valence-corrected chi connectivity index (χ0v) is 18.4. The van der Waals surface area contributed by atoms with Crippen LogP contribution in [0.3, 0.4) is 0 Å². The van der Waals surface area contributed by atoms with E-state index in [4.69, 9.17) is 11.6 Å². The number of halogens is 2. The van der Waals surface area contributed by atoms with E-state index in [2.05, 4.69) is 21.2 Å². The lowest BCUT2D eigenvalue weighted by molar-refractivity contribution is -0.138. The molecule has 0 aliphatic rings. The van der Waals surface area contributed by atoms with Crippen molar-refractivity contribution in [3.63, 3.8) is 0 Å². The van der Waals surface area contributed by atoms with Gasteiger partial charge in [-0.3, -0.25) is 9.59 Å². The van der Waals surface area contributed by atoms with E-state index in [1.165, 1.54) is 11.8 Å². The Morgan fingerprint density at radius 2 is 1.93 bits per heavy atom. The van der Waals surface area contributed by atoms with E-state index < -0.39 is 6.04 Å². The van der Waals surface area contributed by atoms with Crippen molar-refractivity contribution in [2.45, 2.75) is 31.3 Å². The second kappa shape index (κ2) is 10.7. The highest BCUT2D eigenvalue weighted by Crippen LogP contribution is 2.22. The van der Waals surface area contributed by atoms with Crippen molar-refractivity contribution >= 4 is 51.1 Å². The maximum atomic E-state index is 12.9. The lowest BCUT2D eigenvalue weighted by Crippen LogP contribution is -2.48. The van der Waals surface area contributed by atoms with Crippen molar-refractivity contribution in [2.75, 3.05) is 12.3 Å². The molecule has 144 valence electrons. The lowest BCUT2D eigenvalue weighted by atomic mass is 10.1.